The molecule has 0 saturated carbocycles. The monoisotopic (exact) mass is 421 g/mol. The van der Waals surface area contributed by atoms with E-state index < -0.39 is 12.1 Å². The van der Waals surface area contributed by atoms with Gasteiger partial charge in [-0.05, 0) is 53.9 Å². The Labute approximate surface area is 181 Å². The van der Waals surface area contributed by atoms with Crippen LogP contribution in [0.2, 0.25) is 0 Å². The lowest BCUT2D eigenvalue weighted by Crippen LogP contribution is -2.42. The molecule has 2 saturated heterocycles. The van der Waals surface area contributed by atoms with E-state index in [9.17, 15) is 9.59 Å². The number of hydrogen-bond acceptors (Lipinski definition) is 4. The molecule has 2 aliphatic heterocycles. The van der Waals surface area contributed by atoms with Crippen LogP contribution in [0, 0.1) is 5.92 Å². The molecule has 5 rings (SSSR count). The Balaban J connectivity index is 1.17. The van der Waals surface area contributed by atoms with Crippen LogP contribution in [0.4, 0.5) is 4.79 Å². The molecule has 6 heteroatoms. The van der Waals surface area contributed by atoms with Crippen LogP contribution in [0.1, 0.15) is 42.7 Å². The number of amides is 1. The van der Waals surface area contributed by atoms with E-state index in [1.807, 2.05) is 24.3 Å². The van der Waals surface area contributed by atoms with Gasteiger partial charge in [-0.2, -0.15) is 0 Å². The van der Waals surface area contributed by atoms with E-state index >= 15 is 0 Å². The van der Waals surface area contributed by atoms with Crippen molar-refractivity contribution in [3.05, 3.63) is 59.7 Å². The van der Waals surface area contributed by atoms with Crippen molar-refractivity contribution in [3.8, 4) is 11.1 Å². The number of piperidine rings is 1. The average Bonchev–Trinajstić information content (AvgIpc) is 3.42. The first kappa shape index (κ1) is 20.1. The zero-order valence-electron chi connectivity index (χ0n) is 17.4. The molecule has 0 radical (unpaired) electrons. The summed E-state index contributed by atoms with van der Waals surface area (Å²) in [6.45, 7) is 1.58. The minimum Gasteiger partial charge on any atom is -0.479 e. The second kappa shape index (κ2) is 8.35. The zero-order chi connectivity index (χ0) is 21.4. The molecule has 162 valence electrons. The number of rotatable bonds is 4. The second-order valence-electron chi connectivity index (χ2n) is 8.71. The van der Waals surface area contributed by atoms with Gasteiger partial charge in [0.05, 0.1) is 6.10 Å². The third-order valence-electron chi connectivity index (χ3n) is 6.99. The number of aliphatic carboxylic acids is 1. The molecule has 2 aromatic carbocycles. The summed E-state index contributed by atoms with van der Waals surface area (Å²) >= 11 is 0. The number of carbonyl (C=O) groups is 2. The Morgan fingerprint density at radius 3 is 2.13 bits per heavy atom. The molecule has 3 aliphatic rings. The molecule has 1 aliphatic carbocycles. The van der Waals surface area contributed by atoms with Crippen molar-refractivity contribution in [2.75, 3.05) is 19.7 Å². The van der Waals surface area contributed by atoms with E-state index in [0.717, 1.165) is 19.3 Å². The van der Waals surface area contributed by atoms with Crippen LogP contribution in [0.5, 0.6) is 0 Å². The summed E-state index contributed by atoms with van der Waals surface area (Å²) in [6, 6.07) is 16.6. The van der Waals surface area contributed by atoms with Crippen LogP contribution >= 0.6 is 0 Å². The van der Waals surface area contributed by atoms with Crippen molar-refractivity contribution in [2.24, 2.45) is 5.92 Å². The molecule has 1 N–H and O–H groups in total. The molecule has 1 amide bonds. The Morgan fingerprint density at radius 1 is 0.935 bits per heavy atom. The number of nitrogens with zero attached hydrogens (tertiary/aromatic N) is 1. The van der Waals surface area contributed by atoms with Crippen LogP contribution in [0.15, 0.2) is 48.5 Å². The fourth-order valence-electron chi connectivity index (χ4n) is 5.33. The smallest absolute Gasteiger partial charge is 0.409 e. The van der Waals surface area contributed by atoms with Gasteiger partial charge in [-0.15, -0.1) is 0 Å². The predicted molar refractivity (Wildman–Crippen MR) is 115 cm³/mol. The van der Waals surface area contributed by atoms with Gasteiger partial charge < -0.3 is 19.5 Å². The fourth-order valence-corrected chi connectivity index (χ4v) is 5.33. The van der Waals surface area contributed by atoms with E-state index in [1.54, 1.807) is 4.90 Å². The molecule has 0 spiro atoms. The Bertz CT molecular complexity index is 936. The molecule has 0 unspecified atom stereocenters. The van der Waals surface area contributed by atoms with Crippen molar-refractivity contribution in [2.45, 2.75) is 43.8 Å². The molecule has 0 bridgehead atoms. The Morgan fingerprint density at radius 2 is 1.55 bits per heavy atom. The first-order chi connectivity index (χ1) is 15.1. The van der Waals surface area contributed by atoms with Gasteiger partial charge >= 0.3 is 12.1 Å². The number of likely N-dealkylation sites (tertiary alicyclic amines) is 1. The first-order valence-corrected chi connectivity index (χ1v) is 11.1. The lowest BCUT2D eigenvalue weighted by molar-refractivity contribution is -0.150. The summed E-state index contributed by atoms with van der Waals surface area (Å²) < 4.78 is 11.5. The minimum atomic E-state index is -0.876. The van der Waals surface area contributed by atoms with Crippen molar-refractivity contribution in [1.82, 2.24) is 4.90 Å². The Hall–Kier alpha value is -2.86. The maximum atomic E-state index is 12.7. The van der Waals surface area contributed by atoms with Gasteiger partial charge in [0.25, 0.3) is 0 Å². The van der Waals surface area contributed by atoms with E-state index in [-0.39, 0.29) is 18.1 Å². The summed E-state index contributed by atoms with van der Waals surface area (Å²) in [5.74, 6) is -0.505. The molecular formula is C25H27NO5. The maximum Gasteiger partial charge on any atom is 0.409 e. The minimum absolute atomic E-state index is 0.00855. The molecule has 2 atom stereocenters. The highest BCUT2D eigenvalue weighted by atomic mass is 16.6. The summed E-state index contributed by atoms with van der Waals surface area (Å²) in [5, 5.41) is 9.12. The normalized spacial score (nSPS) is 23.4. The van der Waals surface area contributed by atoms with Gasteiger partial charge in [0, 0.05) is 19.0 Å². The Kier molecular flexibility index (Phi) is 5.40. The van der Waals surface area contributed by atoms with Gasteiger partial charge in [0.15, 0.2) is 6.10 Å². The molecule has 2 aromatic rings. The summed E-state index contributed by atoms with van der Waals surface area (Å²) in [5.41, 5.74) is 4.86. The van der Waals surface area contributed by atoms with E-state index in [0.29, 0.717) is 32.0 Å². The highest BCUT2D eigenvalue weighted by Gasteiger charge is 2.37. The number of ether oxygens (including phenoxy) is 2. The molecule has 2 fully saturated rings. The van der Waals surface area contributed by atoms with Crippen LogP contribution in [-0.2, 0) is 14.3 Å². The van der Waals surface area contributed by atoms with Gasteiger partial charge in [-0.1, -0.05) is 48.5 Å². The lowest BCUT2D eigenvalue weighted by atomic mass is 9.90. The maximum absolute atomic E-state index is 12.7. The zero-order valence-corrected chi connectivity index (χ0v) is 17.4. The van der Waals surface area contributed by atoms with Crippen LogP contribution in [-0.4, -0.2) is 54.0 Å². The third kappa shape index (κ3) is 3.81. The van der Waals surface area contributed by atoms with E-state index in [4.69, 9.17) is 14.6 Å². The summed E-state index contributed by atoms with van der Waals surface area (Å²) in [4.78, 5) is 25.6. The largest absolute Gasteiger partial charge is 0.479 e. The van der Waals surface area contributed by atoms with Crippen LogP contribution in [0.25, 0.3) is 11.1 Å². The number of benzene rings is 2. The molecular weight excluding hydrogens is 394 g/mol. The number of carboxylic acids is 1. The predicted octanol–water partition coefficient (Wildman–Crippen LogP) is 4.28. The van der Waals surface area contributed by atoms with Gasteiger partial charge in [0.1, 0.15) is 6.61 Å². The highest BCUT2D eigenvalue weighted by Crippen LogP contribution is 2.44. The second-order valence-corrected chi connectivity index (χ2v) is 8.71. The fraction of sp³-hybridized carbons (Fsp3) is 0.440. The number of fused-ring (bicyclic) bond motifs is 3. The van der Waals surface area contributed by atoms with Crippen molar-refractivity contribution in [1.29, 1.82) is 0 Å². The topological polar surface area (TPSA) is 76.1 Å². The van der Waals surface area contributed by atoms with E-state index in [1.165, 1.54) is 22.3 Å². The highest BCUT2D eigenvalue weighted by molar-refractivity contribution is 5.79. The summed E-state index contributed by atoms with van der Waals surface area (Å²) in [7, 11) is 0. The van der Waals surface area contributed by atoms with E-state index in [2.05, 4.69) is 24.3 Å². The molecule has 0 aromatic heterocycles. The number of hydrogen-bond donors (Lipinski definition) is 1. The average molecular weight is 421 g/mol. The van der Waals surface area contributed by atoms with Gasteiger partial charge in [0.2, 0.25) is 0 Å². The molecule has 2 heterocycles. The van der Waals surface area contributed by atoms with Crippen molar-refractivity contribution < 1.29 is 24.2 Å². The number of carbonyl (C=O) groups excluding carboxylic acids is 1. The standard InChI is InChI=1S/C25H27NO5/c27-24(28)23-10-9-22(31-23)16-11-13-26(14-12-16)25(29)30-15-21-19-7-3-1-5-17(19)18-6-2-4-8-20(18)21/h1-8,16,21-23H,9-15H2,(H,27,28)/t22-,23+/m0/s1. The lowest BCUT2D eigenvalue weighted by Gasteiger charge is -2.34. The first-order valence-electron chi connectivity index (χ1n) is 11.1. The third-order valence-corrected chi connectivity index (χ3v) is 6.99. The van der Waals surface area contributed by atoms with Crippen LogP contribution < -0.4 is 0 Å². The van der Waals surface area contributed by atoms with Gasteiger partial charge in [-0.3, -0.25) is 0 Å². The number of carboxylic acid groups (broad SMARTS) is 1. The molecule has 6 nitrogen and oxygen atoms in total. The SMILES string of the molecule is O=C(O)[C@H]1CC[C@@H](C2CCN(C(=O)OCC3c4ccccc4-c4ccccc43)CC2)O1. The van der Waals surface area contributed by atoms with Gasteiger partial charge in [-0.25, -0.2) is 9.59 Å². The van der Waals surface area contributed by atoms with Crippen molar-refractivity contribution >= 4 is 12.1 Å². The molecule has 31 heavy (non-hydrogen) atoms. The quantitative estimate of drug-likeness (QED) is 0.798. The van der Waals surface area contributed by atoms with Crippen molar-refractivity contribution in [3.63, 3.8) is 0 Å². The summed E-state index contributed by atoms with van der Waals surface area (Å²) in [6.07, 6.45) is 2.05. The van der Waals surface area contributed by atoms with Crippen LogP contribution in [0.3, 0.4) is 0 Å².